The largest absolute Gasteiger partial charge is 0.311 e. The maximum absolute atomic E-state index is 11.6. The van der Waals surface area contributed by atoms with E-state index >= 15 is 0 Å². The maximum Gasteiger partial charge on any atom is 0.223 e. The molecule has 0 unspecified atom stereocenters. The SMILES string of the molecule is CC(=O)N1CC2(CC2)c2ccc(C)cc21. The van der Waals surface area contributed by atoms with Crippen LogP contribution in [0.2, 0.25) is 0 Å². The summed E-state index contributed by atoms with van der Waals surface area (Å²) in [7, 11) is 0. The van der Waals surface area contributed by atoms with Crippen LogP contribution in [-0.4, -0.2) is 12.5 Å². The molecule has 2 aliphatic rings. The number of benzene rings is 1. The quantitative estimate of drug-likeness (QED) is 0.631. The fourth-order valence-corrected chi connectivity index (χ4v) is 2.65. The van der Waals surface area contributed by atoms with E-state index < -0.39 is 0 Å². The molecule has 15 heavy (non-hydrogen) atoms. The van der Waals surface area contributed by atoms with Crippen LogP contribution >= 0.6 is 0 Å². The first kappa shape index (κ1) is 8.96. The Labute approximate surface area is 89.9 Å². The summed E-state index contributed by atoms with van der Waals surface area (Å²) in [6.07, 6.45) is 2.49. The summed E-state index contributed by atoms with van der Waals surface area (Å²) in [5, 5.41) is 0. The zero-order valence-corrected chi connectivity index (χ0v) is 9.21. The van der Waals surface area contributed by atoms with E-state index in [1.807, 2.05) is 4.90 Å². The highest BCUT2D eigenvalue weighted by Crippen LogP contribution is 2.56. The predicted octanol–water partition coefficient (Wildman–Crippen LogP) is 2.39. The van der Waals surface area contributed by atoms with Crippen molar-refractivity contribution in [3.8, 4) is 0 Å². The molecule has 0 saturated heterocycles. The maximum atomic E-state index is 11.6. The summed E-state index contributed by atoms with van der Waals surface area (Å²) in [4.78, 5) is 13.5. The Morgan fingerprint density at radius 2 is 2.13 bits per heavy atom. The molecule has 0 N–H and O–H groups in total. The molecule has 0 radical (unpaired) electrons. The lowest BCUT2D eigenvalue weighted by molar-refractivity contribution is -0.116. The molecule has 1 aliphatic heterocycles. The molecular formula is C13H15NO. The number of hydrogen-bond acceptors (Lipinski definition) is 1. The summed E-state index contributed by atoms with van der Waals surface area (Å²) in [5.41, 5.74) is 4.11. The Kier molecular flexibility index (Phi) is 1.57. The van der Waals surface area contributed by atoms with Crippen LogP contribution in [0.1, 0.15) is 30.9 Å². The number of nitrogens with zero attached hydrogens (tertiary/aromatic N) is 1. The number of amides is 1. The molecule has 1 aromatic rings. The molecule has 2 heteroatoms. The first-order chi connectivity index (χ1) is 7.12. The van der Waals surface area contributed by atoms with Gasteiger partial charge in [-0.2, -0.15) is 0 Å². The summed E-state index contributed by atoms with van der Waals surface area (Å²) >= 11 is 0. The molecule has 1 saturated carbocycles. The van der Waals surface area contributed by atoms with E-state index in [1.165, 1.54) is 24.0 Å². The number of anilines is 1. The van der Waals surface area contributed by atoms with Crippen molar-refractivity contribution in [3.05, 3.63) is 29.3 Å². The van der Waals surface area contributed by atoms with Crippen LogP contribution in [0.15, 0.2) is 18.2 Å². The Morgan fingerprint density at radius 3 is 2.73 bits per heavy atom. The number of hydrogen-bond donors (Lipinski definition) is 0. The van der Waals surface area contributed by atoms with Crippen LogP contribution in [0.3, 0.4) is 0 Å². The van der Waals surface area contributed by atoms with E-state index in [2.05, 4.69) is 25.1 Å². The van der Waals surface area contributed by atoms with E-state index in [0.717, 1.165) is 12.2 Å². The van der Waals surface area contributed by atoms with Gasteiger partial charge in [-0.3, -0.25) is 4.79 Å². The molecule has 1 amide bonds. The monoisotopic (exact) mass is 201 g/mol. The molecule has 0 aromatic heterocycles. The van der Waals surface area contributed by atoms with E-state index in [1.54, 1.807) is 6.92 Å². The lowest BCUT2D eigenvalue weighted by atomic mass is 9.98. The number of rotatable bonds is 0. The normalized spacial score (nSPS) is 20.5. The van der Waals surface area contributed by atoms with Gasteiger partial charge >= 0.3 is 0 Å². The average Bonchev–Trinajstić information content (AvgIpc) is 2.86. The lowest BCUT2D eigenvalue weighted by Gasteiger charge is -2.15. The summed E-state index contributed by atoms with van der Waals surface area (Å²) in [6.45, 7) is 4.64. The molecular weight excluding hydrogens is 186 g/mol. The molecule has 3 rings (SSSR count). The van der Waals surface area contributed by atoms with Crippen LogP contribution in [-0.2, 0) is 10.2 Å². The van der Waals surface area contributed by atoms with Gasteiger partial charge < -0.3 is 4.90 Å². The van der Waals surface area contributed by atoms with Crippen molar-refractivity contribution in [2.75, 3.05) is 11.4 Å². The van der Waals surface area contributed by atoms with Gasteiger partial charge in [0.15, 0.2) is 0 Å². The van der Waals surface area contributed by atoms with Crippen LogP contribution in [0.25, 0.3) is 0 Å². The van der Waals surface area contributed by atoms with Gasteiger partial charge in [0, 0.05) is 24.6 Å². The predicted molar refractivity (Wildman–Crippen MR) is 60.1 cm³/mol. The summed E-state index contributed by atoms with van der Waals surface area (Å²) < 4.78 is 0. The first-order valence-electron chi connectivity index (χ1n) is 5.52. The van der Waals surface area contributed by atoms with Crippen molar-refractivity contribution in [1.29, 1.82) is 0 Å². The minimum atomic E-state index is 0.172. The number of carbonyl (C=O) groups is 1. The van der Waals surface area contributed by atoms with Gasteiger partial charge in [0.2, 0.25) is 5.91 Å². The highest BCUT2D eigenvalue weighted by molar-refractivity contribution is 5.95. The first-order valence-corrected chi connectivity index (χ1v) is 5.52. The van der Waals surface area contributed by atoms with Crippen molar-refractivity contribution in [3.63, 3.8) is 0 Å². The Bertz CT molecular complexity index is 446. The third kappa shape index (κ3) is 1.14. The lowest BCUT2D eigenvalue weighted by Crippen LogP contribution is -2.28. The molecule has 0 bridgehead atoms. The van der Waals surface area contributed by atoms with Crippen molar-refractivity contribution in [2.45, 2.75) is 32.1 Å². The average molecular weight is 201 g/mol. The molecule has 1 aliphatic carbocycles. The van der Waals surface area contributed by atoms with Crippen molar-refractivity contribution in [2.24, 2.45) is 0 Å². The topological polar surface area (TPSA) is 20.3 Å². The second-order valence-electron chi connectivity index (χ2n) is 4.91. The molecule has 1 fully saturated rings. The third-order valence-electron chi connectivity index (χ3n) is 3.71. The van der Waals surface area contributed by atoms with Gasteiger partial charge in [-0.1, -0.05) is 12.1 Å². The van der Waals surface area contributed by atoms with Crippen LogP contribution in [0, 0.1) is 6.92 Å². The molecule has 0 atom stereocenters. The van der Waals surface area contributed by atoms with E-state index in [-0.39, 0.29) is 5.91 Å². The minimum absolute atomic E-state index is 0.172. The standard InChI is InChI=1S/C13H15NO/c1-9-3-4-11-12(7-9)14(10(2)15)8-13(11)5-6-13/h3-4,7H,5-6,8H2,1-2H3. The van der Waals surface area contributed by atoms with Gasteiger partial charge in [-0.15, -0.1) is 0 Å². The highest BCUT2D eigenvalue weighted by atomic mass is 16.2. The van der Waals surface area contributed by atoms with Crippen molar-refractivity contribution >= 4 is 11.6 Å². The van der Waals surface area contributed by atoms with Gasteiger partial charge in [-0.05, 0) is 37.0 Å². The fourth-order valence-electron chi connectivity index (χ4n) is 2.65. The van der Waals surface area contributed by atoms with Crippen molar-refractivity contribution < 1.29 is 4.79 Å². The van der Waals surface area contributed by atoms with Gasteiger partial charge in [0.25, 0.3) is 0 Å². The zero-order chi connectivity index (χ0) is 10.6. The number of fused-ring (bicyclic) bond motifs is 2. The molecule has 1 aromatic carbocycles. The molecule has 2 nitrogen and oxygen atoms in total. The number of aryl methyl sites for hydroxylation is 1. The van der Waals surface area contributed by atoms with Crippen LogP contribution in [0.5, 0.6) is 0 Å². The van der Waals surface area contributed by atoms with E-state index in [4.69, 9.17) is 0 Å². The molecule has 1 spiro atoms. The van der Waals surface area contributed by atoms with E-state index in [0.29, 0.717) is 5.41 Å². The third-order valence-corrected chi connectivity index (χ3v) is 3.71. The van der Waals surface area contributed by atoms with E-state index in [9.17, 15) is 4.79 Å². The Hall–Kier alpha value is -1.31. The second kappa shape index (κ2) is 2.63. The molecule has 1 heterocycles. The Balaban J connectivity index is 2.16. The highest BCUT2D eigenvalue weighted by Gasteiger charge is 2.52. The Morgan fingerprint density at radius 1 is 1.40 bits per heavy atom. The van der Waals surface area contributed by atoms with Crippen LogP contribution in [0.4, 0.5) is 5.69 Å². The van der Waals surface area contributed by atoms with Gasteiger partial charge in [0.1, 0.15) is 0 Å². The number of carbonyl (C=O) groups excluding carboxylic acids is 1. The van der Waals surface area contributed by atoms with Crippen molar-refractivity contribution in [1.82, 2.24) is 0 Å². The fraction of sp³-hybridized carbons (Fsp3) is 0.462. The minimum Gasteiger partial charge on any atom is -0.311 e. The zero-order valence-electron chi connectivity index (χ0n) is 9.21. The smallest absolute Gasteiger partial charge is 0.223 e. The molecule has 78 valence electrons. The van der Waals surface area contributed by atoms with Crippen LogP contribution < -0.4 is 4.90 Å². The second-order valence-corrected chi connectivity index (χ2v) is 4.91. The summed E-state index contributed by atoms with van der Waals surface area (Å²) in [5.74, 6) is 0.172. The van der Waals surface area contributed by atoms with Gasteiger partial charge in [-0.25, -0.2) is 0 Å². The van der Waals surface area contributed by atoms with Gasteiger partial charge in [0.05, 0.1) is 0 Å². The summed E-state index contributed by atoms with van der Waals surface area (Å²) in [6, 6.07) is 6.51.